The molecule has 0 fully saturated rings. The molecule has 0 rings (SSSR count). The first kappa shape index (κ1) is 10.8. The Labute approximate surface area is 79.2 Å². The molecule has 0 saturated heterocycles. The Morgan fingerprint density at radius 3 is 0.833 bits per heavy atom. The normalized spacial score (nSPS) is 12.7. The van der Waals surface area contributed by atoms with Crippen molar-refractivity contribution in [3.63, 3.8) is 0 Å². The van der Waals surface area contributed by atoms with Gasteiger partial charge in [0.05, 0.1) is 0 Å². The Kier molecular flexibility index (Phi) is 6.96. The summed E-state index contributed by atoms with van der Waals surface area (Å²) in [6.07, 6.45) is 0. The fourth-order valence-corrected chi connectivity index (χ4v) is 0. The fourth-order valence-electron chi connectivity index (χ4n) is 0. The van der Waals surface area contributed by atoms with E-state index < -0.39 is 15.4 Å². The monoisotopic (exact) mass is 191 g/mol. The molecule has 0 N–H and O–H groups in total. The summed E-state index contributed by atoms with van der Waals surface area (Å²) in [7, 11) is 0. The molecule has 0 atom stereocenters. The maximum atomic E-state index is 9.88. The molecule has 0 aromatic heterocycles. The molecular formula is HAsF4K. The van der Waals surface area contributed by atoms with Gasteiger partial charge in [0.2, 0.25) is 0 Å². The first-order valence-corrected chi connectivity index (χ1v) is 3.93. The second-order valence-electron chi connectivity index (χ2n) is 0.429. The van der Waals surface area contributed by atoms with E-state index in [1.807, 2.05) is 0 Å². The summed E-state index contributed by atoms with van der Waals surface area (Å²) in [6, 6.07) is 0. The maximum absolute atomic E-state index is 9.88. The molecule has 0 amide bonds. The quantitative estimate of drug-likeness (QED) is 0.308. The Bertz CT molecular complexity index is 23.0. The predicted octanol–water partition coefficient (Wildman–Crippen LogP) is -1.96. The molecule has 0 heterocycles. The molecule has 0 aromatic carbocycles. The van der Waals surface area contributed by atoms with E-state index in [0.29, 0.717) is 0 Å². The largest absolute Gasteiger partial charge is 1.00 e. The van der Waals surface area contributed by atoms with E-state index in [0.717, 1.165) is 0 Å². The molecule has 0 bridgehead atoms. The summed E-state index contributed by atoms with van der Waals surface area (Å²) < 4.78 is 39.5. The van der Waals surface area contributed by atoms with Crippen molar-refractivity contribution in [1.29, 1.82) is 0 Å². The van der Waals surface area contributed by atoms with Gasteiger partial charge in [0.25, 0.3) is 0 Å². The van der Waals surface area contributed by atoms with Gasteiger partial charge in [-0.05, 0) is 0 Å². The van der Waals surface area contributed by atoms with E-state index in [1.54, 1.807) is 0 Å². The fraction of sp³-hybridized carbons (Fsp3) is 0. The van der Waals surface area contributed by atoms with Crippen LogP contribution in [0.4, 0.5) is 13.9 Å². The average Bonchev–Trinajstić information content (AvgIpc) is 0.722. The van der Waals surface area contributed by atoms with Crippen LogP contribution in [-0.2, 0) is 0 Å². The van der Waals surface area contributed by atoms with Gasteiger partial charge in [-0.3, -0.25) is 0 Å². The molecule has 0 saturated carbocycles. The molecule has 6 heavy (non-hydrogen) atoms. The van der Waals surface area contributed by atoms with E-state index in [-0.39, 0.29) is 51.4 Å². The van der Waals surface area contributed by atoms with Gasteiger partial charge in [-0.2, -0.15) is 0 Å². The molecule has 0 aromatic rings. The van der Waals surface area contributed by atoms with Gasteiger partial charge in [0.15, 0.2) is 0 Å². The van der Waals surface area contributed by atoms with Crippen molar-refractivity contribution in [1.82, 2.24) is 0 Å². The minimum Gasteiger partial charge on any atom is 1.00 e. The summed E-state index contributed by atoms with van der Waals surface area (Å²) in [5.74, 6) is 0. The van der Waals surface area contributed by atoms with Gasteiger partial charge >= 0.3 is 80.7 Å². The minimum atomic E-state index is -7.00. The van der Waals surface area contributed by atoms with Crippen LogP contribution in [0.1, 0.15) is 0 Å². The van der Waals surface area contributed by atoms with Crippen molar-refractivity contribution < 1.29 is 65.3 Å². The second-order valence-corrected chi connectivity index (χ2v) is 2.23. The van der Waals surface area contributed by atoms with Crippen molar-refractivity contribution in [3.8, 4) is 0 Å². The van der Waals surface area contributed by atoms with Crippen LogP contribution in [0.25, 0.3) is 0 Å². The maximum Gasteiger partial charge on any atom is 1.00 e. The molecule has 0 spiro atoms. The number of halogens is 4. The van der Waals surface area contributed by atoms with Crippen molar-refractivity contribution in [2.45, 2.75) is 0 Å². The zero-order chi connectivity index (χ0) is 4.50. The zero-order valence-corrected chi connectivity index (χ0v) is 8.23. The summed E-state index contributed by atoms with van der Waals surface area (Å²) in [4.78, 5) is 0. The third-order valence-corrected chi connectivity index (χ3v) is 0. The third-order valence-electron chi connectivity index (χ3n) is 0. The van der Waals surface area contributed by atoms with Crippen molar-refractivity contribution >= 4 is 15.4 Å². The van der Waals surface area contributed by atoms with E-state index in [4.69, 9.17) is 0 Å². The van der Waals surface area contributed by atoms with E-state index >= 15 is 0 Å². The standard InChI is InChI=1S/AsF4H.K/c2-1(3,4)5;/h1H;/q-1;+1. The zero-order valence-electron chi connectivity index (χ0n) is 3.01. The third kappa shape index (κ3) is 39.0. The van der Waals surface area contributed by atoms with Crippen LogP contribution in [0.15, 0.2) is 0 Å². The molecule has 35 valence electrons. The van der Waals surface area contributed by atoms with Crippen LogP contribution in [-0.4, -0.2) is 15.4 Å². The summed E-state index contributed by atoms with van der Waals surface area (Å²) in [5, 5.41) is 0. The van der Waals surface area contributed by atoms with Crippen LogP contribution in [0.3, 0.4) is 0 Å². The minimum absolute atomic E-state index is 0. The average molecular weight is 191 g/mol. The summed E-state index contributed by atoms with van der Waals surface area (Å²) in [5.41, 5.74) is 0. The van der Waals surface area contributed by atoms with Gasteiger partial charge in [0.1, 0.15) is 0 Å². The molecule has 0 aliphatic heterocycles. The van der Waals surface area contributed by atoms with E-state index in [9.17, 15) is 13.9 Å². The van der Waals surface area contributed by atoms with Crippen molar-refractivity contribution in [3.05, 3.63) is 0 Å². The molecule has 6 heteroatoms. The molecule has 0 unspecified atom stereocenters. The number of hydrogen-bond acceptors (Lipinski definition) is 0. The van der Waals surface area contributed by atoms with Crippen molar-refractivity contribution in [2.24, 2.45) is 0 Å². The first-order valence-electron chi connectivity index (χ1n) is 0.756. The first-order chi connectivity index (χ1) is 2.00. The summed E-state index contributed by atoms with van der Waals surface area (Å²) >= 11 is -7.00. The molecule has 0 nitrogen and oxygen atoms in total. The Morgan fingerprint density at radius 1 is 0.833 bits per heavy atom. The van der Waals surface area contributed by atoms with Crippen LogP contribution in [0.2, 0.25) is 0 Å². The topological polar surface area (TPSA) is 0 Å². The second kappa shape index (κ2) is 3.86. The van der Waals surface area contributed by atoms with Gasteiger partial charge in [0, 0.05) is 0 Å². The van der Waals surface area contributed by atoms with Gasteiger partial charge in [-0.25, -0.2) is 0 Å². The molecule has 0 aliphatic rings. The van der Waals surface area contributed by atoms with Crippen molar-refractivity contribution in [2.75, 3.05) is 0 Å². The van der Waals surface area contributed by atoms with Gasteiger partial charge < -0.3 is 0 Å². The van der Waals surface area contributed by atoms with Crippen LogP contribution in [0, 0.1) is 0 Å². The Balaban J connectivity index is 0. The van der Waals surface area contributed by atoms with Gasteiger partial charge in [-0.15, -0.1) is 0 Å². The molecule has 0 radical (unpaired) electrons. The van der Waals surface area contributed by atoms with Crippen LogP contribution < -0.4 is 51.4 Å². The summed E-state index contributed by atoms with van der Waals surface area (Å²) in [6.45, 7) is 0. The SMILES string of the molecule is F[AsH-](F)(F)F.[K+]. The molecule has 0 aliphatic carbocycles. The smallest absolute Gasteiger partial charge is 1.00 e. The number of rotatable bonds is 0. The van der Waals surface area contributed by atoms with E-state index in [2.05, 4.69) is 0 Å². The number of hydrogen-bond donors (Lipinski definition) is 0. The predicted molar refractivity (Wildman–Crippen MR) is 11.6 cm³/mol. The van der Waals surface area contributed by atoms with Crippen LogP contribution in [0.5, 0.6) is 0 Å². The van der Waals surface area contributed by atoms with E-state index in [1.165, 1.54) is 0 Å². The van der Waals surface area contributed by atoms with Crippen LogP contribution >= 0.6 is 0 Å². The Hall–Kier alpha value is 1.91. The van der Waals surface area contributed by atoms with Gasteiger partial charge in [-0.1, -0.05) is 0 Å². The molecular weight excluding hydrogens is 190 g/mol. The Morgan fingerprint density at radius 2 is 0.833 bits per heavy atom.